The number of rotatable bonds is 6. The van der Waals surface area contributed by atoms with Crippen LogP contribution in [0.1, 0.15) is 24.1 Å². The number of nitrogens with one attached hydrogen (secondary N) is 3. The zero-order chi connectivity index (χ0) is 22.7. The predicted octanol–water partition coefficient (Wildman–Crippen LogP) is 4.30. The van der Waals surface area contributed by atoms with E-state index in [1.54, 1.807) is 12.3 Å². The Morgan fingerprint density at radius 1 is 1.09 bits per heavy atom. The van der Waals surface area contributed by atoms with Gasteiger partial charge in [0.2, 0.25) is 11.9 Å². The number of anilines is 3. The number of nitrogens with zero attached hydrogens (tertiary/aromatic N) is 3. The topological polar surface area (TPSA) is 91.8 Å². The molecule has 32 heavy (non-hydrogen) atoms. The molecule has 1 aromatic carbocycles. The molecule has 1 aliphatic heterocycles. The number of carbonyl (C=O) groups is 1. The Bertz CT molecular complexity index is 1130. The van der Waals surface area contributed by atoms with E-state index in [0.29, 0.717) is 24.5 Å². The fourth-order valence-corrected chi connectivity index (χ4v) is 3.49. The van der Waals surface area contributed by atoms with Crippen molar-refractivity contribution in [3.8, 4) is 11.1 Å². The molecule has 0 spiro atoms. The highest BCUT2D eigenvalue weighted by Crippen LogP contribution is 2.30. The molecule has 1 fully saturated rings. The smallest absolute Gasteiger partial charge is 0.368 e. The molecular formula is C22H21F3N6O. The van der Waals surface area contributed by atoms with Gasteiger partial charge >= 0.3 is 6.18 Å². The van der Waals surface area contributed by atoms with Crippen LogP contribution in [0.5, 0.6) is 0 Å². The van der Waals surface area contributed by atoms with Gasteiger partial charge in [-0.1, -0.05) is 6.07 Å². The van der Waals surface area contributed by atoms with Gasteiger partial charge in [0.25, 0.3) is 0 Å². The van der Waals surface area contributed by atoms with Gasteiger partial charge in [-0.3, -0.25) is 4.79 Å². The summed E-state index contributed by atoms with van der Waals surface area (Å²) in [4.78, 5) is 23.1. The maximum absolute atomic E-state index is 12.9. The summed E-state index contributed by atoms with van der Waals surface area (Å²) in [6, 6.07) is 10.2. The van der Waals surface area contributed by atoms with Crippen molar-refractivity contribution < 1.29 is 18.0 Å². The van der Waals surface area contributed by atoms with Gasteiger partial charge in [0.15, 0.2) is 0 Å². The number of halogens is 3. The number of pyridine rings is 1. The molecule has 4 rings (SSSR count). The fraction of sp³-hybridized carbons (Fsp3) is 0.273. The number of aryl methyl sites for hydroxylation is 1. The van der Waals surface area contributed by atoms with Gasteiger partial charge in [-0.25, -0.2) is 15.0 Å². The lowest BCUT2D eigenvalue weighted by atomic mass is 10.0. The van der Waals surface area contributed by atoms with Gasteiger partial charge in [0.05, 0.1) is 0 Å². The molecule has 0 bridgehead atoms. The highest BCUT2D eigenvalue weighted by molar-refractivity contribution is 5.78. The average molecular weight is 442 g/mol. The second kappa shape index (κ2) is 8.81. The van der Waals surface area contributed by atoms with E-state index in [0.717, 1.165) is 35.4 Å². The Hall–Kier alpha value is -3.69. The van der Waals surface area contributed by atoms with E-state index in [9.17, 15) is 18.0 Å². The Morgan fingerprint density at radius 3 is 2.66 bits per heavy atom. The normalized spacial score (nSPS) is 16.0. The van der Waals surface area contributed by atoms with Gasteiger partial charge in [0, 0.05) is 37.1 Å². The summed E-state index contributed by atoms with van der Waals surface area (Å²) in [5.74, 6) is 0.594. The number of hydrogen-bond donors (Lipinski definition) is 3. The second-order valence-electron chi connectivity index (χ2n) is 7.59. The monoisotopic (exact) mass is 442 g/mol. The van der Waals surface area contributed by atoms with E-state index >= 15 is 0 Å². The molecule has 3 N–H and O–H groups in total. The largest absolute Gasteiger partial charge is 0.433 e. The van der Waals surface area contributed by atoms with Crippen LogP contribution in [0, 0.1) is 6.92 Å². The molecule has 1 aliphatic rings. The first-order chi connectivity index (χ1) is 15.3. The van der Waals surface area contributed by atoms with Crippen LogP contribution < -0.4 is 16.0 Å². The van der Waals surface area contributed by atoms with Crippen LogP contribution in [0.2, 0.25) is 0 Å². The van der Waals surface area contributed by atoms with Crippen molar-refractivity contribution >= 4 is 23.4 Å². The standard InChI is InChI=1S/C22H21F3N6O/c1-13-8-15(10-17(9-13)30-21-27-7-5-18(31-21)22(23,24)25)14-4-6-26-19(11-14)28-12-16-2-3-20(32)29-16/h4-11,16H,2-3,12H2,1H3,(H,26,28)(H,29,32)(H,27,30,31). The van der Waals surface area contributed by atoms with E-state index in [2.05, 4.69) is 30.9 Å². The maximum Gasteiger partial charge on any atom is 0.433 e. The molecule has 1 amide bonds. The van der Waals surface area contributed by atoms with Crippen LogP contribution in [-0.2, 0) is 11.0 Å². The van der Waals surface area contributed by atoms with Crippen LogP contribution in [0.15, 0.2) is 48.8 Å². The quantitative estimate of drug-likeness (QED) is 0.527. The molecule has 7 nitrogen and oxygen atoms in total. The first-order valence-electron chi connectivity index (χ1n) is 10.0. The second-order valence-corrected chi connectivity index (χ2v) is 7.59. The van der Waals surface area contributed by atoms with Crippen LogP contribution in [0.4, 0.5) is 30.6 Å². The molecule has 2 aromatic heterocycles. The van der Waals surface area contributed by atoms with E-state index < -0.39 is 11.9 Å². The number of carbonyl (C=O) groups excluding carboxylic acids is 1. The minimum absolute atomic E-state index is 0.0584. The fourth-order valence-electron chi connectivity index (χ4n) is 3.49. The first-order valence-corrected chi connectivity index (χ1v) is 10.0. The third-order valence-corrected chi connectivity index (χ3v) is 4.99. The van der Waals surface area contributed by atoms with Gasteiger partial charge in [-0.15, -0.1) is 0 Å². The molecule has 1 atom stereocenters. The highest BCUT2D eigenvalue weighted by atomic mass is 19.4. The van der Waals surface area contributed by atoms with Crippen molar-refractivity contribution in [3.63, 3.8) is 0 Å². The summed E-state index contributed by atoms with van der Waals surface area (Å²) in [6.45, 7) is 2.47. The molecule has 3 heterocycles. The summed E-state index contributed by atoms with van der Waals surface area (Å²) in [7, 11) is 0. The number of benzene rings is 1. The van der Waals surface area contributed by atoms with Crippen LogP contribution >= 0.6 is 0 Å². The molecule has 1 saturated heterocycles. The lowest BCUT2D eigenvalue weighted by molar-refractivity contribution is -0.141. The van der Waals surface area contributed by atoms with Crippen molar-refractivity contribution in [2.24, 2.45) is 0 Å². The zero-order valence-corrected chi connectivity index (χ0v) is 17.2. The van der Waals surface area contributed by atoms with Crippen molar-refractivity contribution in [1.82, 2.24) is 20.3 Å². The minimum atomic E-state index is -4.54. The molecule has 0 radical (unpaired) electrons. The van der Waals surface area contributed by atoms with Crippen LogP contribution in [0.3, 0.4) is 0 Å². The SMILES string of the molecule is Cc1cc(Nc2nccc(C(F)(F)F)n2)cc(-c2ccnc(NCC3CCC(=O)N3)c2)c1. The molecule has 166 valence electrons. The summed E-state index contributed by atoms with van der Waals surface area (Å²) in [5, 5.41) is 9.00. The predicted molar refractivity (Wildman–Crippen MR) is 114 cm³/mol. The maximum atomic E-state index is 12.9. The molecule has 0 aliphatic carbocycles. The molecule has 10 heteroatoms. The highest BCUT2D eigenvalue weighted by Gasteiger charge is 2.32. The number of hydrogen-bond acceptors (Lipinski definition) is 6. The third kappa shape index (κ3) is 5.32. The van der Waals surface area contributed by atoms with E-state index in [1.807, 2.05) is 31.2 Å². The number of aromatic nitrogens is 3. The third-order valence-electron chi connectivity index (χ3n) is 4.99. The van der Waals surface area contributed by atoms with Crippen LogP contribution in [-0.4, -0.2) is 33.4 Å². The van der Waals surface area contributed by atoms with Gasteiger partial charge < -0.3 is 16.0 Å². The summed E-state index contributed by atoms with van der Waals surface area (Å²) in [5.41, 5.74) is 2.22. The van der Waals surface area contributed by atoms with E-state index in [-0.39, 0.29) is 17.9 Å². The Morgan fingerprint density at radius 2 is 1.91 bits per heavy atom. The van der Waals surface area contributed by atoms with Crippen molar-refractivity contribution in [2.75, 3.05) is 17.2 Å². The van der Waals surface area contributed by atoms with Gasteiger partial charge in [-0.2, -0.15) is 13.2 Å². The Labute approximate surface area is 182 Å². The van der Waals surface area contributed by atoms with E-state index in [4.69, 9.17) is 0 Å². The van der Waals surface area contributed by atoms with Gasteiger partial charge in [0.1, 0.15) is 11.5 Å². The molecule has 1 unspecified atom stereocenters. The zero-order valence-electron chi connectivity index (χ0n) is 17.2. The summed E-state index contributed by atoms with van der Waals surface area (Å²) >= 11 is 0. The van der Waals surface area contributed by atoms with E-state index in [1.165, 1.54) is 0 Å². The molecular weight excluding hydrogens is 421 g/mol. The van der Waals surface area contributed by atoms with Gasteiger partial charge in [-0.05, 0) is 60.4 Å². The van der Waals surface area contributed by atoms with Crippen LogP contribution in [0.25, 0.3) is 11.1 Å². The minimum Gasteiger partial charge on any atom is -0.368 e. The summed E-state index contributed by atoms with van der Waals surface area (Å²) < 4.78 is 38.8. The average Bonchev–Trinajstić information content (AvgIpc) is 3.17. The summed E-state index contributed by atoms with van der Waals surface area (Å²) in [6.07, 6.45) is -0.470. The lowest BCUT2D eigenvalue weighted by Crippen LogP contribution is -2.31. The number of alkyl halides is 3. The Balaban J connectivity index is 1.52. The first kappa shape index (κ1) is 21.5. The van der Waals surface area contributed by atoms with Crippen molar-refractivity contribution in [2.45, 2.75) is 32.0 Å². The lowest BCUT2D eigenvalue weighted by Gasteiger charge is -2.13. The van der Waals surface area contributed by atoms with Crippen molar-refractivity contribution in [3.05, 3.63) is 60.0 Å². The Kier molecular flexibility index (Phi) is 5.93. The molecule has 0 saturated carbocycles. The number of amides is 1. The molecule has 3 aromatic rings. The van der Waals surface area contributed by atoms with Crippen molar-refractivity contribution in [1.29, 1.82) is 0 Å².